The lowest BCUT2D eigenvalue weighted by Gasteiger charge is -2.40. The number of nitrogens with one attached hydrogen (secondary N) is 2. The monoisotopic (exact) mass is 462 g/mol. The van der Waals surface area contributed by atoms with Gasteiger partial charge in [0.05, 0.1) is 12.7 Å². The summed E-state index contributed by atoms with van der Waals surface area (Å²) < 4.78 is 0.731. The van der Waals surface area contributed by atoms with Gasteiger partial charge < -0.3 is 10.6 Å². The van der Waals surface area contributed by atoms with Gasteiger partial charge in [0.15, 0.2) is 12.3 Å². The second kappa shape index (κ2) is 19.1. The fraction of sp³-hybridized carbons (Fsp3) is 0.828. The quantitative estimate of drug-likeness (QED) is 0.103. The van der Waals surface area contributed by atoms with Gasteiger partial charge in [-0.2, -0.15) is 0 Å². The van der Waals surface area contributed by atoms with Crippen molar-refractivity contribution in [3.05, 3.63) is 24.6 Å². The van der Waals surface area contributed by atoms with E-state index in [1.165, 1.54) is 103 Å². The van der Waals surface area contributed by atoms with E-state index in [4.69, 9.17) is 0 Å². The SMILES string of the molecule is CCCCCCCCCCCCCCCCCC/C=C/C1NC=C[N+]1(CC)C(C)NC(C)=O. The number of nitrogens with zero attached hydrogens (tertiary/aromatic N) is 1. The number of hydrogen-bond acceptors (Lipinski definition) is 2. The van der Waals surface area contributed by atoms with Crippen LogP contribution in [0, 0.1) is 0 Å². The molecule has 4 nitrogen and oxygen atoms in total. The molecule has 0 fully saturated rings. The van der Waals surface area contributed by atoms with Crippen LogP contribution in [-0.2, 0) is 4.79 Å². The van der Waals surface area contributed by atoms with Gasteiger partial charge in [0.1, 0.15) is 6.20 Å². The van der Waals surface area contributed by atoms with Crippen molar-refractivity contribution >= 4 is 5.91 Å². The highest BCUT2D eigenvalue weighted by Gasteiger charge is 2.40. The van der Waals surface area contributed by atoms with Crippen LogP contribution in [0.15, 0.2) is 24.6 Å². The van der Waals surface area contributed by atoms with Crippen LogP contribution in [0.1, 0.15) is 137 Å². The average molecular weight is 463 g/mol. The van der Waals surface area contributed by atoms with Crippen LogP contribution in [-0.4, -0.2) is 29.3 Å². The number of hydrogen-bond donors (Lipinski definition) is 2. The molecule has 3 unspecified atom stereocenters. The molecule has 0 aliphatic carbocycles. The van der Waals surface area contributed by atoms with Crippen LogP contribution in [0.5, 0.6) is 0 Å². The zero-order chi connectivity index (χ0) is 24.2. The number of carbonyl (C=O) groups excluding carboxylic acids is 1. The first-order chi connectivity index (χ1) is 16.1. The first kappa shape index (κ1) is 29.7. The molecule has 0 radical (unpaired) electrons. The van der Waals surface area contributed by atoms with E-state index in [0.717, 1.165) is 17.4 Å². The zero-order valence-electron chi connectivity index (χ0n) is 22.5. The Bertz CT molecular complexity index is 545. The van der Waals surface area contributed by atoms with Crippen molar-refractivity contribution in [3.63, 3.8) is 0 Å². The van der Waals surface area contributed by atoms with Crippen LogP contribution >= 0.6 is 0 Å². The van der Waals surface area contributed by atoms with Crippen molar-refractivity contribution in [2.24, 2.45) is 0 Å². The number of amides is 1. The predicted octanol–water partition coefficient (Wildman–Crippen LogP) is 7.91. The largest absolute Gasteiger partial charge is 0.334 e. The van der Waals surface area contributed by atoms with Crippen molar-refractivity contribution in [2.45, 2.75) is 149 Å². The second-order valence-corrected chi connectivity index (χ2v) is 10.1. The lowest BCUT2D eigenvalue weighted by Crippen LogP contribution is -2.62. The third-order valence-corrected chi connectivity index (χ3v) is 7.36. The molecular weight excluding hydrogens is 406 g/mol. The zero-order valence-corrected chi connectivity index (χ0v) is 22.5. The molecular formula is C29H56N3O+. The second-order valence-electron chi connectivity index (χ2n) is 10.1. The summed E-state index contributed by atoms with van der Waals surface area (Å²) in [6.07, 6.45) is 32.9. The fourth-order valence-corrected chi connectivity index (χ4v) is 5.12. The van der Waals surface area contributed by atoms with E-state index in [-0.39, 0.29) is 18.2 Å². The summed E-state index contributed by atoms with van der Waals surface area (Å²) in [7, 11) is 0. The smallest absolute Gasteiger partial charge is 0.221 e. The summed E-state index contributed by atoms with van der Waals surface area (Å²) in [6.45, 7) is 9.11. The van der Waals surface area contributed by atoms with Crippen molar-refractivity contribution in [1.29, 1.82) is 0 Å². The minimum Gasteiger partial charge on any atom is -0.334 e. The summed E-state index contributed by atoms with van der Waals surface area (Å²) in [5.74, 6) is 0.0321. The third-order valence-electron chi connectivity index (χ3n) is 7.36. The lowest BCUT2D eigenvalue weighted by molar-refractivity contribution is -0.917. The summed E-state index contributed by atoms with van der Waals surface area (Å²) in [4.78, 5) is 11.5. The van der Waals surface area contributed by atoms with Gasteiger partial charge >= 0.3 is 0 Å². The van der Waals surface area contributed by atoms with E-state index < -0.39 is 0 Å². The highest BCUT2D eigenvalue weighted by molar-refractivity contribution is 5.72. The Balaban J connectivity index is 1.99. The van der Waals surface area contributed by atoms with Crippen LogP contribution in [0.4, 0.5) is 0 Å². The molecule has 0 aromatic rings. The molecule has 1 heterocycles. The van der Waals surface area contributed by atoms with E-state index in [1.54, 1.807) is 6.92 Å². The first-order valence-corrected chi connectivity index (χ1v) is 14.3. The molecule has 1 aliphatic heterocycles. The Morgan fingerprint density at radius 1 is 0.879 bits per heavy atom. The molecule has 0 saturated carbocycles. The van der Waals surface area contributed by atoms with E-state index in [2.05, 4.69) is 49.8 Å². The van der Waals surface area contributed by atoms with Crippen LogP contribution in [0.25, 0.3) is 0 Å². The maximum absolute atomic E-state index is 11.5. The van der Waals surface area contributed by atoms with Gasteiger partial charge in [0.2, 0.25) is 5.91 Å². The summed E-state index contributed by atoms with van der Waals surface area (Å²) in [5.41, 5.74) is 0. The van der Waals surface area contributed by atoms with E-state index in [0.29, 0.717) is 0 Å². The molecule has 1 aliphatic rings. The molecule has 2 N–H and O–H groups in total. The van der Waals surface area contributed by atoms with Gasteiger partial charge in [-0.05, 0) is 25.8 Å². The van der Waals surface area contributed by atoms with Gasteiger partial charge in [-0.3, -0.25) is 9.28 Å². The Morgan fingerprint density at radius 2 is 1.36 bits per heavy atom. The van der Waals surface area contributed by atoms with Gasteiger partial charge in [0, 0.05) is 13.8 Å². The lowest BCUT2D eigenvalue weighted by atomic mass is 10.0. The molecule has 1 amide bonds. The fourth-order valence-electron chi connectivity index (χ4n) is 5.12. The Hall–Kier alpha value is -1.29. The maximum atomic E-state index is 11.5. The molecule has 4 heteroatoms. The highest BCUT2D eigenvalue weighted by Crippen LogP contribution is 2.23. The minimum atomic E-state index is 0.0321. The molecule has 3 atom stereocenters. The van der Waals surface area contributed by atoms with Crippen molar-refractivity contribution < 1.29 is 9.28 Å². The van der Waals surface area contributed by atoms with Gasteiger partial charge in [0.25, 0.3) is 0 Å². The number of allylic oxidation sites excluding steroid dienone is 1. The maximum Gasteiger partial charge on any atom is 0.221 e. The Morgan fingerprint density at radius 3 is 1.82 bits per heavy atom. The molecule has 0 bridgehead atoms. The highest BCUT2D eigenvalue weighted by atomic mass is 16.1. The number of likely N-dealkylation sites (N-methyl/N-ethyl adjacent to an activating group) is 1. The number of unbranched alkanes of at least 4 members (excludes halogenated alkanes) is 16. The van der Waals surface area contributed by atoms with Crippen LogP contribution in [0.2, 0.25) is 0 Å². The van der Waals surface area contributed by atoms with Crippen LogP contribution in [0.3, 0.4) is 0 Å². The predicted molar refractivity (Wildman–Crippen MR) is 143 cm³/mol. The van der Waals surface area contributed by atoms with Crippen molar-refractivity contribution in [1.82, 2.24) is 10.6 Å². The standard InChI is InChI=1S/C29H55N3O/c1-5-7-8-9-10-11-12-13-14-15-16-17-18-19-20-21-22-23-24-29-30-25-26-32(29,6-2)27(3)31-28(4)33/h23-27,29-30H,5-22H2,1-4H3/p+1/b24-23+. The summed E-state index contributed by atoms with van der Waals surface area (Å²) in [5, 5.41) is 6.54. The normalized spacial score (nSPS) is 20.9. The van der Waals surface area contributed by atoms with Crippen LogP contribution < -0.4 is 10.6 Å². The van der Waals surface area contributed by atoms with E-state index in [9.17, 15) is 4.79 Å². The number of quaternary nitrogens is 1. The molecule has 0 saturated heterocycles. The molecule has 0 spiro atoms. The van der Waals surface area contributed by atoms with E-state index in [1.807, 2.05) is 6.20 Å². The van der Waals surface area contributed by atoms with Gasteiger partial charge in [-0.1, -0.05) is 109 Å². The van der Waals surface area contributed by atoms with Crippen molar-refractivity contribution in [2.75, 3.05) is 6.54 Å². The Labute approximate surface area is 206 Å². The topological polar surface area (TPSA) is 41.1 Å². The first-order valence-electron chi connectivity index (χ1n) is 14.3. The van der Waals surface area contributed by atoms with E-state index >= 15 is 0 Å². The molecule has 0 aromatic heterocycles. The molecule has 1 rings (SSSR count). The minimum absolute atomic E-state index is 0.0321. The Kier molecular flexibility index (Phi) is 17.2. The molecule has 33 heavy (non-hydrogen) atoms. The summed E-state index contributed by atoms with van der Waals surface area (Å²) >= 11 is 0. The van der Waals surface area contributed by atoms with Crippen molar-refractivity contribution in [3.8, 4) is 0 Å². The van der Waals surface area contributed by atoms with Gasteiger partial charge in [-0.15, -0.1) is 0 Å². The third kappa shape index (κ3) is 12.7. The average Bonchev–Trinajstić information content (AvgIpc) is 3.22. The summed E-state index contributed by atoms with van der Waals surface area (Å²) in [6, 6.07) is 0. The molecule has 192 valence electrons. The number of rotatable bonds is 21. The van der Waals surface area contributed by atoms with Gasteiger partial charge in [-0.25, -0.2) is 0 Å². The number of carbonyl (C=O) groups is 1. The molecule has 0 aromatic carbocycles.